The highest BCUT2D eigenvalue weighted by Crippen LogP contribution is 2.27. The van der Waals surface area contributed by atoms with Crippen LogP contribution in [-0.2, 0) is 0 Å². The van der Waals surface area contributed by atoms with E-state index in [1.165, 1.54) is 25.9 Å². The van der Waals surface area contributed by atoms with Gasteiger partial charge in [-0.3, -0.25) is 4.79 Å². The van der Waals surface area contributed by atoms with Gasteiger partial charge in [-0.15, -0.1) is 11.3 Å². The Bertz CT molecular complexity index is 592. The molecule has 0 aromatic carbocycles. The minimum absolute atomic E-state index is 0.0548. The minimum Gasteiger partial charge on any atom is -0.347 e. The third-order valence-electron chi connectivity index (χ3n) is 5.59. The predicted molar refractivity (Wildman–Crippen MR) is 103 cm³/mol. The number of thiazole rings is 1. The van der Waals surface area contributed by atoms with Crippen molar-refractivity contribution in [2.75, 3.05) is 19.6 Å². The number of nitrogens with one attached hydrogen (secondary N) is 2. The van der Waals surface area contributed by atoms with E-state index in [1.54, 1.807) is 11.3 Å². The van der Waals surface area contributed by atoms with Gasteiger partial charge in [0.05, 0.1) is 10.7 Å². The average molecular weight is 365 g/mol. The molecule has 5 nitrogen and oxygen atoms in total. The number of carbonyl (C=O) groups is 1. The lowest BCUT2D eigenvalue weighted by Crippen LogP contribution is -2.60. The molecule has 0 unspecified atom stereocenters. The van der Waals surface area contributed by atoms with Crippen LogP contribution < -0.4 is 10.6 Å². The number of nitrogens with zero attached hydrogens (tertiary/aromatic N) is 2. The molecule has 2 heterocycles. The highest BCUT2D eigenvalue weighted by atomic mass is 32.1. The van der Waals surface area contributed by atoms with Crippen LogP contribution in [0.25, 0.3) is 0 Å². The molecule has 0 spiro atoms. The maximum Gasteiger partial charge on any atom is 0.263 e. The molecule has 2 aliphatic rings. The first kappa shape index (κ1) is 18.8. The Morgan fingerprint density at radius 3 is 2.44 bits per heavy atom. The lowest BCUT2D eigenvalue weighted by molar-refractivity contribution is 0.0883. The summed E-state index contributed by atoms with van der Waals surface area (Å²) in [5, 5.41) is 8.08. The van der Waals surface area contributed by atoms with Gasteiger partial charge in [0, 0.05) is 24.0 Å². The summed E-state index contributed by atoms with van der Waals surface area (Å²) in [6.07, 6.45) is 4.68. The molecule has 1 aromatic heterocycles. The fourth-order valence-corrected chi connectivity index (χ4v) is 4.67. The lowest BCUT2D eigenvalue weighted by Gasteiger charge is -2.42. The van der Waals surface area contributed by atoms with E-state index in [2.05, 4.69) is 41.3 Å². The molecule has 1 saturated heterocycles. The third kappa shape index (κ3) is 4.41. The molecule has 140 valence electrons. The van der Waals surface area contributed by atoms with Crippen LogP contribution in [0.5, 0.6) is 0 Å². The zero-order valence-corrected chi connectivity index (χ0v) is 16.8. The monoisotopic (exact) mass is 364 g/mol. The van der Waals surface area contributed by atoms with Crippen molar-refractivity contribution in [2.24, 2.45) is 0 Å². The van der Waals surface area contributed by atoms with Crippen molar-refractivity contribution < 1.29 is 4.79 Å². The number of hydrogen-bond acceptors (Lipinski definition) is 5. The van der Waals surface area contributed by atoms with E-state index >= 15 is 0 Å². The van der Waals surface area contributed by atoms with Gasteiger partial charge >= 0.3 is 0 Å². The van der Waals surface area contributed by atoms with Crippen molar-refractivity contribution in [2.45, 2.75) is 77.4 Å². The van der Waals surface area contributed by atoms with Gasteiger partial charge in [0.15, 0.2) is 0 Å². The molecule has 0 radical (unpaired) electrons. The maximum absolute atomic E-state index is 12.6. The molecule has 1 saturated carbocycles. The second kappa shape index (κ2) is 8.14. The molecule has 2 atom stereocenters. The molecular formula is C19H32N4OS. The van der Waals surface area contributed by atoms with Crippen LogP contribution in [-0.4, -0.2) is 53.6 Å². The van der Waals surface area contributed by atoms with Crippen molar-refractivity contribution in [1.82, 2.24) is 20.5 Å². The normalized spacial score (nSPS) is 25.2. The number of rotatable bonds is 6. The summed E-state index contributed by atoms with van der Waals surface area (Å²) in [4.78, 5) is 20.5. The van der Waals surface area contributed by atoms with Gasteiger partial charge in [-0.05, 0) is 52.2 Å². The van der Waals surface area contributed by atoms with Crippen molar-refractivity contribution >= 4 is 17.2 Å². The number of hydrogen-bond donors (Lipinski definition) is 2. The summed E-state index contributed by atoms with van der Waals surface area (Å²) in [5.74, 6) is 0.427. The quantitative estimate of drug-likeness (QED) is 0.815. The SMILES string of the molecule is CCN1CCC(N[C@H]2CC[C@H]2NC(=O)c2sc(C(C)C)nc2C)CC1. The summed E-state index contributed by atoms with van der Waals surface area (Å²) < 4.78 is 0. The van der Waals surface area contributed by atoms with E-state index in [0.29, 0.717) is 18.0 Å². The summed E-state index contributed by atoms with van der Waals surface area (Å²) in [6.45, 7) is 11.9. The maximum atomic E-state index is 12.6. The summed E-state index contributed by atoms with van der Waals surface area (Å²) in [7, 11) is 0. The first-order valence-electron chi connectivity index (χ1n) is 9.74. The average Bonchev–Trinajstić information content (AvgIpc) is 2.99. The molecule has 1 aromatic rings. The van der Waals surface area contributed by atoms with Crippen LogP contribution >= 0.6 is 11.3 Å². The van der Waals surface area contributed by atoms with E-state index in [1.807, 2.05) is 6.92 Å². The Balaban J connectivity index is 1.51. The van der Waals surface area contributed by atoms with Gasteiger partial charge in [-0.1, -0.05) is 20.8 Å². The van der Waals surface area contributed by atoms with Gasteiger partial charge < -0.3 is 15.5 Å². The van der Waals surface area contributed by atoms with Crippen molar-refractivity contribution in [3.8, 4) is 0 Å². The van der Waals surface area contributed by atoms with Crippen LogP contribution in [0.1, 0.15) is 72.7 Å². The Morgan fingerprint density at radius 2 is 1.92 bits per heavy atom. The zero-order valence-electron chi connectivity index (χ0n) is 16.0. The number of likely N-dealkylation sites (tertiary alicyclic amines) is 1. The highest BCUT2D eigenvalue weighted by Gasteiger charge is 2.35. The molecule has 3 rings (SSSR count). The van der Waals surface area contributed by atoms with Gasteiger partial charge in [0.2, 0.25) is 0 Å². The molecule has 2 fully saturated rings. The fourth-order valence-electron chi connectivity index (χ4n) is 3.70. The van der Waals surface area contributed by atoms with E-state index in [4.69, 9.17) is 0 Å². The van der Waals surface area contributed by atoms with E-state index in [0.717, 1.165) is 35.0 Å². The summed E-state index contributed by atoms with van der Waals surface area (Å²) in [5.41, 5.74) is 0.863. The molecule has 6 heteroatoms. The molecular weight excluding hydrogens is 332 g/mol. The van der Waals surface area contributed by atoms with Gasteiger partial charge in [-0.2, -0.15) is 0 Å². The first-order chi connectivity index (χ1) is 12.0. The predicted octanol–water partition coefficient (Wildman–Crippen LogP) is 2.91. The smallest absolute Gasteiger partial charge is 0.263 e. The number of carbonyl (C=O) groups excluding carboxylic acids is 1. The van der Waals surface area contributed by atoms with Crippen LogP contribution in [0.3, 0.4) is 0 Å². The topological polar surface area (TPSA) is 57.3 Å². The molecule has 1 aliphatic heterocycles. The van der Waals surface area contributed by atoms with E-state index < -0.39 is 0 Å². The standard InChI is InChI=1S/C19H32N4OS/c1-5-23-10-8-14(9-11-23)21-15-6-7-16(15)22-18(24)17-13(4)20-19(25-17)12(2)3/h12,14-16,21H,5-11H2,1-4H3,(H,22,24)/t15-,16+/m0/s1. The largest absolute Gasteiger partial charge is 0.347 e. The Hall–Kier alpha value is -0.980. The van der Waals surface area contributed by atoms with Gasteiger partial charge in [0.25, 0.3) is 5.91 Å². The van der Waals surface area contributed by atoms with Crippen molar-refractivity contribution in [3.63, 3.8) is 0 Å². The third-order valence-corrected chi connectivity index (χ3v) is 7.05. The summed E-state index contributed by atoms with van der Waals surface area (Å²) >= 11 is 1.54. The van der Waals surface area contributed by atoms with Gasteiger partial charge in [0.1, 0.15) is 4.88 Å². The number of aromatic nitrogens is 1. The van der Waals surface area contributed by atoms with Gasteiger partial charge in [-0.25, -0.2) is 4.98 Å². The molecule has 25 heavy (non-hydrogen) atoms. The highest BCUT2D eigenvalue weighted by molar-refractivity contribution is 7.13. The molecule has 0 bridgehead atoms. The van der Waals surface area contributed by atoms with Crippen LogP contribution in [0, 0.1) is 6.92 Å². The zero-order chi connectivity index (χ0) is 18.0. The number of amides is 1. The number of piperidine rings is 1. The molecule has 2 N–H and O–H groups in total. The molecule has 1 aliphatic carbocycles. The lowest BCUT2D eigenvalue weighted by atomic mass is 9.85. The summed E-state index contributed by atoms with van der Waals surface area (Å²) in [6, 6.07) is 1.30. The second-order valence-corrected chi connectivity index (χ2v) is 8.79. The fraction of sp³-hybridized carbons (Fsp3) is 0.789. The Labute approximate surface area is 155 Å². The Morgan fingerprint density at radius 1 is 1.24 bits per heavy atom. The molecule has 1 amide bonds. The van der Waals surface area contributed by atoms with E-state index in [-0.39, 0.29) is 11.9 Å². The van der Waals surface area contributed by atoms with Crippen LogP contribution in [0.2, 0.25) is 0 Å². The van der Waals surface area contributed by atoms with Crippen molar-refractivity contribution in [3.05, 3.63) is 15.6 Å². The van der Waals surface area contributed by atoms with Crippen LogP contribution in [0.15, 0.2) is 0 Å². The number of aryl methyl sites for hydroxylation is 1. The second-order valence-electron chi connectivity index (χ2n) is 7.76. The van der Waals surface area contributed by atoms with Crippen LogP contribution in [0.4, 0.5) is 0 Å². The van der Waals surface area contributed by atoms with E-state index in [9.17, 15) is 4.79 Å². The first-order valence-corrected chi connectivity index (χ1v) is 10.6. The minimum atomic E-state index is 0.0548. The Kier molecular flexibility index (Phi) is 6.12. The van der Waals surface area contributed by atoms with Crippen molar-refractivity contribution in [1.29, 1.82) is 0 Å².